The van der Waals surface area contributed by atoms with E-state index in [4.69, 9.17) is 0 Å². The lowest BCUT2D eigenvalue weighted by Crippen LogP contribution is -2.68. The molecule has 0 spiro atoms. The smallest absolute Gasteiger partial charge is 0.272 e. The molecule has 0 unspecified atom stereocenters. The molecule has 6 nitrogen and oxygen atoms in total. The zero-order chi connectivity index (χ0) is 21.0. The summed E-state index contributed by atoms with van der Waals surface area (Å²) in [6.45, 7) is 6.52. The Hall–Kier alpha value is -2.73. The summed E-state index contributed by atoms with van der Waals surface area (Å²) in [4.78, 5) is 33.2. The zero-order valence-corrected chi connectivity index (χ0v) is 17.2. The molecule has 3 rings (SSSR count). The number of benzene rings is 1. The normalized spacial score (nSPS) is 21.0. The second kappa shape index (κ2) is 9.18. The van der Waals surface area contributed by atoms with Gasteiger partial charge in [-0.2, -0.15) is 0 Å². The second-order valence-corrected chi connectivity index (χ2v) is 8.00. The Morgan fingerprint density at radius 2 is 1.79 bits per heavy atom. The van der Waals surface area contributed by atoms with Gasteiger partial charge in [0.05, 0.1) is 18.7 Å². The van der Waals surface area contributed by atoms with Crippen LogP contribution in [0.3, 0.4) is 0 Å². The van der Waals surface area contributed by atoms with Crippen LogP contribution in [0, 0.1) is 5.92 Å². The van der Waals surface area contributed by atoms with E-state index in [9.17, 15) is 14.7 Å². The maximum absolute atomic E-state index is 13.1. The van der Waals surface area contributed by atoms with Crippen molar-refractivity contribution in [2.45, 2.75) is 38.8 Å². The van der Waals surface area contributed by atoms with Gasteiger partial charge in [-0.05, 0) is 23.6 Å². The van der Waals surface area contributed by atoms with Crippen LogP contribution in [0.2, 0.25) is 0 Å². The van der Waals surface area contributed by atoms with Gasteiger partial charge in [-0.25, -0.2) is 0 Å². The van der Waals surface area contributed by atoms with Crippen LogP contribution in [-0.2, 0) is 4.79 Å². The van der Waals surface area contributed by atoms with Crippen LogP contribution in [0.4, 0.5) is 0 Å². The van der Waals surface area contributed by atoms with Crippen molar-refractivity contribution in [3.8, 4) is 0 Å². The molecule has 1 aromatic heterocycles. The van der Waals surface area contributed by atoms with Crippen molar-refractivity contribution in [1.29, 1.82) is 0 Å². The molecular formula is C23H29N3O3. The minimum atomic E-state index is -0.272. The SMILES string of the molecule is CC(=O)N1[C@H](CN(CC(C)C)C(=O)c2ccccn2)[C@H](c2ccccc2)[C@@H]1CO. The maximum Gasteiger partial charge on any atom is 0.272 e. The predicted molar refractivity (Wildman–Crippen MR) is 111 cm³/mol. The van der Waals surface area contributed by atoms with Crippen molar-refractivity contribution in [1.82, 2.24) is 14.8 Å². The van der Waals surface area contributed by atoms with Gasteiger partial charge < -0.3 is 14.9 Å². The van der Waals surface area contributed by atoms with Crippen LogP contribution in [0.5, 0.6) is 0 Å². The lowest BCUT2D eigenvalue weighted by atomic mass is 9.74. The molecule has 2 heterocycles. The van der Waals surface area contributed by atoms with Gasteiger partial charge in [-0.3, -0.25) is 14.6 Å². The highest BCUT2D eigenvalue weighted by Crippen LogP contribution is 2.41. The van der Waals surface area contributed by atoms with Crippen molar-refractivity contribution >= 4 is 11.8 Å². The fraction of sp³-hybridized carbons (Fsp3) is 0.435. The van der Waals surface area contributed by atoms with Gasteiger partial charge in [0, 0.05) is 32.1 Å². The Morgan fingerprint density at radius 3 is 2.34 bits per heavy atom. The van der Waals surface area contributed by atoms with E-state index in [0.29, 0.717) is 18.8 Å². The topological polar surface area (TPSA) is 73.7 Å². The van der Waals surface area contributed by atoms with E-state index in [2.05, 4.69) is 18.8 Å². The summed E-state index contributed by atoms with van der Waals surface area (Å²) in [5.74, 6) is 0.0340. The Morgan fingerprint density at radius 1 is 1.10 bits per heavy atom. The fourth-order valence-corrected chi connectivity index (χ4v) is 4.29. The molecule has 1 aliphatic rings. The third-order valence-electron chi connectivity index (χ3n) is 5.44. The molecule has 1 fully saturated rings. The Balaban J connectivity index is 1.90. The van der Waals surface area contributed by atoms with Crippen LogP contribution in [0.25, 0.3) is 0 Å². The molecule has 2 amide bonds. The number of hydrogen-bond donors (Lipinski definition) is 1. The summed E-state index contributed by atoms with van der Waals surface area (Å²) in [7, 11) is 0. The number of amides is 2. The van der Waals surface area contributed by atoms with Crippen LogP contribution < -0.4 is 0 Å². The van der Waals surface area contributed by atoms with Crippen molar-refractivity contribution in [3.05, 3.63) is 66.0 Å². The van der Waals surface area contributed by atoms with E-state index >= 15 is 0 Å². The molecule has 0 radical (unpaired) electrons. The Kier molecular flexibility index (Phi) is 6.64. The van der Waals surface area contributed by atoms with Crippen molar-refractivity contribution < 1.29 is 14.7 Å². The van der Waals surface area contributed by atoms with Gasteiger partial charge in [0.2, 0.25) is 5.91 Å². The number of aliphatic hydroxyl groups is 1. The molecule has 3 atom stereocenters. The van der Waals surface area contributed by atoms with Gasteiger partial charge in [-0.15, -0.1) is 0 Å². The number of nitrogens with zero attached hydrogens (tertiary/aromatic N) is 3. The summed E-state index contributed by atoms with van der Waals surface area (Å²) >= 11 is 0. The predicted octanol–water partition coefficient (Wildman–Crippen LogP) is 2.56. The van der Waals surface area contributed by atoms with E-state index < -0.39 is 0 Å². The molecule has 6 heteroatoms. The van der Waals surface area contributed by atoms with E-state index in [1.165, 1.54) is 6.92 Å². The maximum atomic E-state index is 13.1. The second-order valence-electron chi connectivity index (χ2n) is 8.00. The molecule has 1 saturated heterocycles. The minimum Gasteiger partial charge on any atom is -0.394 e. The van der Waals surface area contributed by atoms with Gasteiger partial charge in [0.25, 0.3) is 5.91 Å². The van der Waals surface area contributed by atoms with Gasteiger partial charge >= 0.3 is 0 Å². The van der Waals surface area contributed by atoms with Crippen molar-refractivity contribution in [3.63, 3.8) is 0 Å². The van der Waals surface area contributed by atoms with E-state index in [0.717, 1.165) is 5.56 Å². The van der Waals surface area contributed by atoms with Crippen LogP contribution >= 0.6 is 0 Å². The summed E-state index contributed by atoms with van der Waals surface area (Å²) in [5.41, 5.74) is 1.47. The first-order valence-electron chi connectivity index (χ1n) is 10.1. The third-order valence-corrected chi connectivity index (χ3v) is 5.44. The van der Waals surface area contributed by atoms with E-state index in [1.807, 2.05) is 30.3 Å². The molecule has 1 aliphatic heterocycles. The van der Waals surface area contributed by atoms with Crippen molar-refractivity contribution in [2.24, 2.45) is 5.92 Å². The Labute approximate surface area is 172 Å². The number of likely N-dealkylation sites (tertiary alicyclic amines) is 1. The zero-order valence-electron chi connectivity index (χ0n) is 17.2. The molecule has 154 valence electrons. The van der Waals surface area contributed by atoms with Gasteiger partial charge in [0.15, 0.2) is 0 Å². The number of carbonyl (C=O) groups is 2. The average Bonchev–Trinajstić information content (AvgIpc) is 2.70. The molecular weight excluding hydrogens is 366 g/mol. The highest BCUT2D eigenvalue weighted by atomic mass is 16.3. The van der Waals surface area contributed by atoms with Crippen LogP contribution in [-0.4, -0.2) is 63.5 Å². The highest BCUT2D eigenvalue weighted by molar-refractivity contribution is 5.92. The quantitative estimate of drug-likeness (QED) is 0.782. The lowest BCUT2D eigenvalue weighted by Gasteiger charge is -2.55. The summed E-state index contributed by atoms with van der Waals surface area (Å²) in [5, 5.41) is 9.94. The van der Waals surface area contributed by atoms with Gasteiger partial charge in [-0.1, -0.05) is 50.2 Å². The third kappa shape index (κ3) is 4.48. The summed E-state index contributed by atoms with van der Waals surface area (Å²) in [6.07, 6.45) is 1.61. The van der Waals surface area contributed by atoms with E-state index in [1.54, 1.807) is 34.2 Å². The number of rotatable bonds is 7. The van der Waals surface area contributed by atoms with Crippen LogP contribution in [0.1, 0.15) is 42.7 Å². The first kappa shape index (κ1) is 21.0. The van der Waals surface area contributed by atoms with Crippen LogP contribution in [0.15, 0.2) is 54.7 Å². The average molecular weight is 396 g/mol. The van der Waals surface area contributed by atoms with Gasteiger partial charge in [0.1, 0.15) is 5.69 Å². The molecule has 0 bridgehead atoms. The van der Waals surface area contributed by atoms with E-state index in [-0.39, 0.29) is 42.3 Å². The fourth-order valence-electron chi connectivity index (χ4n) is 4.29. The minimum absolute atomic E-state index is 0.0173. The standard InChI is InChI=1S/C23H29N3O3/c1-16(2)13-25(23(29)19-11-7-8-12-24-19)14-20-22(18-9-5-4-6-10-18)21(15-27)26(20)17(3)28/h4-12,16,20-22,27H,13-15H2,1-3H3/t20-,21+,22+/m1/s1. The number of aromatic nitrogens is 1. The monoisotopic (exact) mass is 395 g/mol. The first-order valence-corrected chi connectivity index (χ1v) is 10.1. The number of pyridine rings is 1. The van der Waals surface area contributed by atoms with Crippen molar-refractivity contribution in [2.75, 3.05) is 19.7 Å². The summed E-state index contributed by atoms with van der Waals surface area (Å²) in [6, 6.07) is 14.7. The highest BCUT2D eigenvalue weighted by Gasteiger charge is 2.50. The largest absolute Gasteiger partial charge is 0.394 e. The summed E-state index contributed by atoms with van der Waals surface area (Å²) < 4.78 is 0. The molecule has 29 heavy (non-hydrogen) atoms. The molecule has 2 aromatic rings. The molecule has 1 aromatic carbocycles. The number of carbonyl (C=O) groups excluding carboxylic acids is 2. The Bertz CT molecular complexity index is 826. The molecule has 0 aliphatic carbocycles. The molecule has 1 N–H and O–H groups in total. The first-order chi connectivity index (χ1) is 13.9. The number of aliphatic hydroxyl groups excluding tert-OH is 1. The number of hydrogen-bond acceptors (Lipinski definition) is 4. The lowest BCUT2D eigenvalue weighted by molar-refractivity contribution is -0.149. The molecule has 0 saturated carbocycles.